The molecule has 0 radical (unpaired) electrons. The van der Waals surface area contributed by atoms with Crippen molar-refractivity contribution in [1.29, 1.82) is 0 Å². The van der Waals surface area contributed by atoms with Gasteiger partial charge in [-0.1, -0.05) is 44.3 Å². The Bertz CT molecular complexity index is 305. The number of hydrogen-bond donors (Lipinski definition) is 2. The van der Waals surface area contributed by atoms with Gasteiger partial charge in [0.1, 0.15) is 0 Å². The van der Waals surface area contributed by atoms with Gasteiger partial charge in [0.15, 0.2) is 0 Å². The van der Waals surface area contributed by atoms with Gasteiger partial charge in [0, 0.05) is 6.04 Å². The maximum Gasteiger partial charge on any atom is 0.233 e. The van der Waals surface area contributed by atoms with Crippen molar-refractivity contribution in [2.24, 2.45) is 11.1 Å². The molecule has 0 aromatic carbocycles. The van der Waals surface area contributed by atoms with Crippen molar-refractivity contribution in [3.05, 3.63) is 0 Å². The number of thiocarbonyl (C=S) groups is 1. The maximum absolute atomic E-state index is 12.3. The first-order valence-electron chi connectivity index (χ1n) is 6.76. The van der Waals surface area contributed by atoms with Gasteiger partial charge in [-0.15, -0.1) is 0 Å². The van der Waals surface area contributed by atoms with Crippen LogP contribution in [0.2, 0.25) is 0 Å². The summed E-state index contributed by atoms with van der Waals surface area (Å²) in [5.74, 6) is 0.0863. The van der Waals surface area contributed by atoms with E-state index in [9.17, 15) is 4.79 Å². The first kappa shape index (κ1) is 12.8. The van der Waals surface area contributed by atoms with Crippen molar-refractivity contribution in [3.8, 4) is 0 Å². The van der Waals surface area contributed by atoms with Crippen molar-refractivity contribution in [2.75, 3.05) is 0 Å². The van der Waals surface area contributed by atoms with E-state index in [1.54, 1.807) is 0 Å². The van der Waals surface area contributed by atoms with E-state index in [2.05, 4.69) is 5.32 Å². The molecule has 0 saturated heterocycles. The number of nitrogens with two attached hydrogens (primary N) is 1. The lowest BCUT2D eigenvalue weighted by molar-refractivity contribution is -0.131. The van der Waals surface area contributed by atoms with Crippen molar-refractivity contribution in [2.45, 2.75) is 63.8 Å². The minimum absolute atomic E-state index is 0.0863. The number of carbonyl (C=O) groups is 1. The first-order chi connectivity index (χ1) is 8.15. The summed E-state index contributed by atoms with van der Waals surface area (Å²) >= 11 is 5.07. The van der Waals surface area contributed by atoms with E-state index >= 15 is 0 Å². The number of rotatable bonds is 3. The lowest BCUT2D eigenvalue weighted by Gasteiger charge is -2.40. The average molecular weight is 254 g/mol. The number of carbonyl (C=O) groups excluding carboxylic acids is 1. The van der Waals surface area contributed by atoms with E-state index in [0.29, 0.717) is 11.0 Å². The molecule has 0 bridgehead atoms. The molecule has 0 unspecified atom stereocenters. The van der Waals surface area contributed by atoms with Crippen molar-refractivity contribution in [3.63, 3.8) is 0 Å². The molecule has 0 atom stereocenters. The maximum atomic E-state index is 12.3. The molecule has 4 heteroatoms. The van der Waals surface area contributed by atoms with Gasteiger partial charge < -0.3 is 11.1 Å². The SMILES string of the molecule is NC(=S)C1(C(=O)NC2CCCCCC2)CCC1. The number of amides is 1. The van der Waals surface area contributed by atoms with Gasteiger partial charge in [-0.05, 0) is 25.7 Å². The van der Waals surface area contributed by atoms with Gasteiger partial charge >= 0.3 is 0 Å². The van der Waals surface area contributed by atoms with Crippen LogP contribution in [0.5, 0.6) is 0 Å². The van der Waals surface area contributed by atoms with Crippen molar-refractivity contribution < 1.29 is 4.79 Å². The van der Waals surface area contributed by atoms with Crippen LogP contribution in [0.1, 0.15) is 57.8 Å². The summed E-state index contributed by atoms with van der Waals surface area (Å²) in [4.78, 5) is 12.7. The third-order valence-electron chi connectivity index (χ3n) is 4.30. The van der Waals surface area contributed by atoms with E-state index in [0.717, 1.165) is 32.1 Å². The molecule has 0 heterocycles. The van der Waals surface area contributed by atoms with Crippen molar-refractivity contribution >= 4 is 23.1 Å². The second kappa shape index (κ2) is 5.34. The topological polar surface area (TPSA) is 55.1 Å². The highest BCUT2D eigenvalue weighted by Crippen LogP contribution is 2.41. The Morgan fingerprint density at radius 2 is 1.71 bits per heavy atom. The fourth-order valence-electron chi connectivity index (χ4n) is 2.86. The van der Waals surface area contributed by atoms with Crippen molar-refractivity contribution in [1.82, 2.24) is 5.32 Å². The molecule has 0 spiro atoms. The second-order valence-corrected chi connectivity index (χ2v) is 5.90. The summed E-state index contributed by atoms with van der Waals surface area (Å²) in [5.41, 5.74) is 5.23. The molecular formula is C13H22N2OS. The van der Waals surface area contributed by atoms with Crippen LogP contribution in [0.25, 0.3) is 0 Å². The van der Waals surface area contributed by atoms with Crippen LogP contribution in [0, 0.1) is 5.41 Å². The van der Waals surface area contributed by atoms with Gasteiger partial charge in [-0.25, -0.2) is 0 Å². The highest BCUT2D eigenvalue weighted by atomic mass is 32.1. The average Bonchev–Trinajstić information content (AvgIpc) is 2.43. The van der Waals surface area contributed by atoms with E-state index < -0.39 is 5.41 Å². The Morgan fingerprint density at radius 3 is 2.12 bits per heavy atom. The van der Waals surface area contributed by atoms with Gasteiger partial charge in [-0.3, -0.25) is 4.79 Å². The van der Waals surface area contributed by atoms with Gasteiger partial charge in [0.2, 0.25) is 5.91 Å². The van der Waals surface area contributed by atoms with Gasteiger partial charge in [-0.2, -0.15) is 0 Å². The van der Waals surface area contributed by atoms with Crippen LogP contribution in [0.4, 0.5) is 0 Å². The Hall–Kier alpha value is -0.640. The van der Waals surface area contributed by atoms with E-state index in [4.69, 9.17) is 18.0 Å². The minimum Gasteiger partial charge on any atom is -0.392 e. The summed E-state index contributed by atoms with van der Waals surface area (Å²) in [6.45, 7) is 0. The molecule has 3 N–H and O–H groups in total. The zero-order chi connectivity index (χ0) is 12.3. The molecule has 17 heavy (non-hydrogen) atoms. The lowest BCUT2D eigenvalue weighted by atomic mass is 9.68. The standard InChI is InChI=1S/C13H22N2OS/c14-11(17)13(8-5-9-13)12(16)15-10-6-3-1-2-4-7-10/h10H,1-9H2,(H2,14,17)(H,15,16). The summed E-state index contributed by atoms with van der Waals surface area (Å²) < 4.78 is 0. The molecule has 0 aromatic rings. The predicted molar refractivity (Wildman–Crippen MR) is 72.7 cm³/mol. The van der Waals surface area contributed by atoms with E-state index in [1.165, 1.54) is 25.7 Å². The second-order valence-electron chi connectivity index (χ2n) is 5.46. The lowest BCUT2D eigenvalue weighted by Crippen LogP contribution is -2.55. The minimum atomic E-state index is -0.512. The molecule has 2 rings (SSSR count). The smallest absolute Gasteiger partial charge is 0.233 e. The quantitative estimate of drug-likeness (QED) is 0.600. The molecular weight excluding hydrogens is 232 g/mol. The van der Waals surface area contributed by atoms with E-state index in [1.807, 2.05) is 0 Å². The Kier molecular flexibility index (Phi) is 4.02. The van der Waals surface area contributed by atoms with Gasteiger partial charge in [0.05, 0.1) is 10.4 Å². The molecule has 3 nitrogen and oxygen atoms in total. The molecule has 2 aliphatic carbocycles. The third-order valence-corrected chi connectivity index (χ3v) is 4.69. The van der Waals surface area contributed by atoms with Crippen LogP contribution >= 0.6 is 12.2 Å². The largest absolute Gasteiger partial charge is 0.392 e. The number of hydrogen-bond acceptors (Lipinski definition) is 2. The van der Waals surface area contributed by atoms with Crippen LogP contribution in [0.15, 0.2) is 0 Å². The van der Waals surface area contributed by atoms with Crippen LogP contribution in [0.3, 0.4) is 0 Å². The molecule has 2 saturated carbocycles. The summed E-state index contributed by atoms with van der Waals surface area (Å²) in [7, 11) is 0. The Morgan fingerprint density at radius 1 is 1.12 bits per heavy atom. The normalized spacial score (nSPS) is 24.5. The summed E-state index contributed by atoms with van der Waals surface area (Å²) in [6.07, 6.45) is 10.0. The zero-order valence-electron chi connectivity index (χ0n) is 10.3. The molecule has 2 aliphatic rings. The van der Waals surface area contributed by atoms with Crippen LogP contribution < -0.4 is 11.1 Å². The van der Waals surface area contributed by atoms with Crippen LogP contribution in [-0.2, 0) is 4.79 Å². The molecule has 1 amide bonds. The molecule has 96 valence electrons. The zero-order valence-corrected chi connectivity index (χ0v) is 11.2. The fourth-order valence-corrected chi connectivity index (χ4v) is 3.16. The highest BCUT2D eigenvalue weighted by molar-refractivity contribution is 7.80. The van der Waals surface area contributed by atoms with Gasteiger partial charge in [0.25, 0.3) is 0 Å². The molecule has 0 aromatic heterocycles. The summed E-state index contributed by atoms with van der Waals surface area (Å²) in [5, 5.41) is 3.18. The highest BCUT2D eigenvalue weighted by Gasteiger charge is 2.47. The third kappa shape index (κ3) is 2.62. The fraction of sp³-hybridized carbons (Fsp3) is 0.846. The number of nitrogens with one attached hydrogen (secondary N) is 1. The van der Waals surface area contributed by atoms with E-state index in [-0.39, 0.29) is 5.91 Å². The van der Waals surface area contributed by atoms with Crippen LogP contribution in [-0.4, -0.2) is 16.9 Å². The monoisotopic (exact) mass is 254 g/mol. The Labute approximate surface area is 109 Å². The first-order valence-corrected chi connectivity index (χ1v) is 7.17. The Balaban J connectivity index is 1.93. The molecule has 2 fully saturated rings. The molecule has 0 aliphatic heterocycles. The predicted octanol–water partition coefficient (Wildman–Crippen LogP) is 2.28. The summed E-state index contributed by atoms with van der Waals surface area (Å²) in [6, 6.07) is 0.344.